The van der Waals surface area contributed by atoms with Gasteiger partial charge >= 0.3 is 0 Å². The van der Waals surface area contributed by atoms with Gasteiger partial charge in [-0.05, 0) is 12.5 Å². The summed E-state index contributed by atoms with van der Waals surface area (Å²) in [4.78, 5) is 15.6. The van der Waals surface area contributed by atoms with Gasteiger partial charge in [0.2, 0.25) is 0 Å². The van der Waals surface area contributed by atoms with Crippen molar-refractivity contribution in [2.24, 2.45) is 0 Å². The van der Waals surface area contributed by atoms with Gasteiger partial charge in [-0.25, -0.2) is 0 Å². The molecule has 0 saturated heterocycles. The summed E-state index contributed by atoms with van der Waals surface area (Å²) in [5.74, 6) is 0.124. The van der Waals surface area contributed by atoms with Crippen molar-refractivity contribution in [1.82, 2.24) is 4.98 Å². The van der Waals surface area contributed by atoms with Crippen molar-refractivity contribution in [3.63, 3.8) is 0 Å². The Morgan fingerprint density at radius 2 is 2.20 bits per heavy atom. The van der Waals surface area contributed by atoms with E-state index in [1.165, 1.54) is 19.0 Å². The summed E-state index contributed by atoms with van der Waals surface area (Å²) in [5.41, 5.74) is 0.600. The number of carbonyl (C=O) groups is 1. The molecule has 0 aromatic carbocycles. The molecule has 0 aliphatic rings. The number of Topliss-reactive ketones (excluding diaryl/α,β-unsaturated/α-hetero) is 1. The topological polar surface area (TPSA) is 30.0 Å². The number of unbranched alkanes of at least 4 members (excludes halogenated alkanes) is 3. The fourth-order valence-electron chi connectivity index (χ4n) is 1.45. The zero-order chi connectivity index (χ0) is 11.1. The third-order valence-corrected chi connectivity index (χ3v) is 2.63. The lowest BCUT2D eigenvalue weighted by molar-refractivity contribution is 0.0979. The molecule has 0 atom stereocenters. The third-order valence-electron chi connectivity index (χ3n) is 2.33. The molecule has 0 amide bonds. The van der Waals surface area contributed by atoms with Gasteiger partial charge in [-0.15, -0.1) is 0 Å². The number of pyridine rings is 1. The Labute approximate surface area is 95.7 Å². The zero-order valence-corrected chi connectivity index (χ0v) is 9.76. The van der Waals surface area contributed by atoms with Crippen LogP contribution in [0.15, 0.2) is 18.5 Å². The summed E-state index contributed by atoms with van der Waals surface area (Å²) in [5, 5.41) is 0.456. The highest BCUT2D eigenvalue weighted by atomic mass is 35.5. The smallest absolute Gasteiger partial charge is 0.164 e. The first kappa shape index (κ1) is 12.2. The maximum atomic E-state index is 11.7. The molecule has 0 N–H and O–H groups in total. The van der Waals surface area contributed by atoms with Gasteiger partial charge in [-0.1, -0.05) is 37.8 Å². The van der Waals surface area contributed by atoms with E-state index in [-0.39, 0.29) is 5.78 Å². The van der Waals surface area contributed by atoms with Crippen LogP contribution in [0.25, 0.3) is 0 Å². The average molecular weight is 226 g/mol. The molecule has 0 unspecified atom stereocenters. The first-order valence-corrected chi connectivity index (χ1v) is 5.76. The van der Waals surface area contributed by atoms with Crippen molar-refractivity contribution < 1.29 is 4.79 Å². The Morgan fingerprint density at radius 1 is 1.40 bits per heavy atom. The molecule has 0 aliphatic carbocycles. The highest BCUT2D eigenvalue weighted by molar-refractivity contribution is 6.33. The first-order valence-electron chi connectivity index (χ1n) is 5.38. The molecule has 15 heavy (non-hydrogen) atoms. The normalized spacial score (nSPS) is 10.3. The molecule has 0 spiro atoms. The van der Waals surface area contributed by atoms with Gasteiger partial charge < -0.3 is 0 Å². The van der Waals surface area contributed by atoms with Gasteiger partial charge in [0, 0.05) is 24.4 Å². The summed E-state index contributed by atoms with van der Waals surface area (Å²) >= 11 is 5.88. The second kappa shape index (κ2) is 6.57. The van der Waals surface area contributed by atoms with E-state index in [4.69, 9.17) is 11.6 Å². The Morgan fingerprint density at radius 3 is 2.87 bits per heavy atom. The number of nitrogens with zero attached hydrogens (tertiary/aromatic N) is 1. The van der Waals surface area contributed by atoms with Crippen LogP contribution in [0.1, 0.15) is 49.4 Å². The van der Waals surface area contributed by atoms with Crippen LogP contribution in [0.3, 0.4) is 0 Å². The summed E-state index contributed by atoms with van der Waals surface area (Å²) in [6, 6.07) is 1.69. The van der Waals surface area contributed by atoms with Crippen molar-refractivity contribution in [2.45, 2.75) is 39.0 Å². The van der Waals surface area contributed by atoms with E-state index in [0.717, 1.165) is 12.8 Å². The van der Waals surface area contributed by atoms with Crippen LogP contribution in [0.2, 0.25) is 5.02 Å². The number of ketones is 1. The molecule has 0 radical (unpaired) electrons. The van der Waals surface area contributed by atoms with Crippen LogP contribution < -0.4 is 0 Å². The minimum Gasteiger partial charge on any atom is -0.294 e. The molecule has 1 aromatic heterocycles. The number of rotatable bonds is 6. The molecule has 0 fully saturated rings. The molecule has 1 aromatic rings. The predicted molar refractivity (Wildman–Crippen MR) is 62.3 cm³/mol. The average Bonchev–Trinajstić information content (AvgIpc) is 2.25. The lowest BCUT2D eigenvalue weighted by atomic mass is 10.1. The Kier molecular flexibility index (Phi) is 5.33. The molecule has 2 nitrogen and oxygen atoms in total. The number of hydrogen-bond donors (Lipinski definition) is 0. The number of carbonyl (C=O) groups excluding carboxylic acids is 1. The molecule has 1 heterocycles. The largest absolute Gasteiger partial charge is 0.294 e. The van der Waals surface area contributed by atoms with E-state index < -0.39 is 0 Å². The molecular weight excluding hydrogens is 210 g/mol. The van der Waals surface area contributed by atoms with Crippen molar-refractivity contribution in [1.29, 1.82) is 0 Å². The van der Waals surface area contributed by atoms with E-state index in [9.17, 15) is 4.79 Å². The van der Waals surface area contributed by atoms with Gasteiger partial charge in [0.25, 0.3) is 0 Å². The predicted octanol–water partition coefficient (Wildman–Crippen LogP) is 3.89. The van der Waals surface area contributed by atoms with Gasteiger partial charge in [0.05, 0.1) is 5.02 Å². The first-order chi connectivity index (χ1) is 7.25. The zero-order valence-electron chi connectivity index (χ0n) is 9.00. The van der Waals surface area contributed by atoms with Gasteiger partial charge in [0.15, 0.2) is 5.78 Å². The van der Waals surface area contributed by atoms with E-state index in [2.05, 4.69) is 11.9 Å². The fourth-order valence-corrected chi connectivity index (χ4v) is 1.67. The maximum Gasteiger partial charge on any atom is 0.164 e. The van der Waals surface area contributed by atoms with Crippen molar-refractivity contribution in [3.8, 4) is 0 Å². The quantitative estimate of drug-likeness (QED) is 0.543. The minimum atomic E-state index is 0.124. The second-order valence-corrected chi connectivity index (χ2v) is 4.00. The lowest BCUT2D eigenvalue weighted by Crippen LogP contribution is -2.00. The highest BCUT2D eigenvalue weighted by Gasteiger charge is 2.08. The monoisotopic (exact) mass is 225 g/mol. The van der Waals surface area contributed by atoms with E-state index in [0.29, 0.717) is 17.0 Å². The number of halogens is 1. The van der Waals surface area contributed by atoms with E-state index in [1.807, 2.05) is 0 Å². The van der Waals surface area contributed by atoms with Crippen molar-refractivity contribution in [3.05, 3.63) is 29.0 Å². The van der Waals surface area contributed by atoms with Crippen LogP contribution in [-0.2, 0) is 0 Å². The standard InChI is InChI=1S/C12H16ClNO/c1-2-3-4-5-6-12(15)10-7-8-14-9-11(10)13/h7-9H,2-6H2,1H3. The SMILES string of the molecule is CCCCCCC(=O)c1ccncc1Cl. The van der Waals surface area contributed by atoms with Crippen molar-refractivity contribution in [2.75, 3.05) is 0 Å². The van der Waals surface area contributed by atoms with Gasteiger partial charge in [0.1, 0.15) is 0 Å². The lowest BCUT2D eigenvalue weighted by Gasteiger charge is -2.02. The Hall–Kier alpha value is -0.890. The molecule has 0 aliphatic heterocycles. The summed E-state index contributed by atoms with van der Waals surface area (Å²) in [6.45, 7) is 2.15. The van der Waals surface area contributed by atoms with E-state index >= 15 is 0 Å². The Balaban J connectivity index is 2.44. The molecular formula is C12H16ClNO. The third kappa shape index (κ3) is 4.00. The fraction of sp³-hybridized carbons (Fsp3) is 0.500. The van der Waals surface area contributed by atoms with Crippen LogP contribution in [-0.4, -0.2) is 10.8 Å². The van der Waals surface area contributed by atoms with Crippen LogP contribution in [0.5, 0.6) is 0 Å². The molecule has 0 saturated carbocycles. The second-order valence-electron chi connectivity index (χ2n) is 3.59. The van der Waals surface area contributed by atoms with Crippen molar-refractivity contribution >= 4 is 17.4 Å². The van der Waals surface area contributed by atoms with Crippen LogP contribution >= 0.6 is 11.6 Å². The molecule has 82 valence electrons. The molecule has 0 bridgehead atoms. The summed E-state index contributed by atoms with van der Waals surface area (Å²) in [6.07, 6.45) is 8.15. The van der Waals surface area contributed by atoms with E-state index in [1.54, 1.807) is 12.3 Å². The highest BCUT2D eigenvalue weighted by Crippen LogP contribution is 2.16. The molecule has 3 heteroatoms. The Bertz CT molecular complexity index is 325. The van der Waals surface area contributed by atoms with Gasteiger partial charge in [-0.2, -0.15) is 0 Å². The number of hydrogen-bond acceptors (Lipinski definition) is 2. The van der Waals surface area contributed by atoms with Crippen LogP contribution in [0.4, 0.5) is 0 Å². The van der Waals surface area contributed by atoms with Gasteiger partial charge in [-0.3, -0.25) is 9.78 Å². The number of aromatic nitrogens is 1. The maximum absolute atomic E-state index is 11.7. The summed E-state index contributed by atoms with van der Waals surface area (Å²) < 4.78 is 0. The van der Waals surface area contributed by atoms with Crippen LogP contribution in [0, 0.1) is 0 Å². The minimum absolute atomic E-state index is 0.124. The summed E-state index contributed by atoms with van der Waals surface area (Å²) in [7, 11) is 0. The molecule has 1 rings (SSSR count).